The van der Waals surface area contributed by atoms with Crippen LogP contribution in [0.25, 0.3) is 33.3 Å². The van der Waals surface area contributed by atoms with E-state index in [4.69, 9.17) is 0 Å². The summed E-state index contributed by atoms with van der Waals surface area (Å²) in [4.78, 5) is 0. The van der Waals surface area contributed by atoms with E-state index in [1.54, 1.807) is 0 Å². The van der Waals surface area contributed by atoms with E-state index in [2.05, 4.69) is 151 Å². The lowest BCUT2D eigenvalue weighted by Gasteiger charge is -2.20. The summed E-state index contributed by atoms with van der Waals surface area (Å²) in [7, 11) is 4.19. The molecule has 0 spiro atoms. The predicted molar refractivity (Wildman–Crippen MR) is 206 cm³/mol. The van der Waals surface area contributed by atoms with E-state index >= 15 is 0 Å². The third-order valence-electron chi connectivity index (χ3n) is 8.71. The molecule has 0 saturated carbocycles. The molecule has 6 aromatic rings. The monoisotopic (exact) mass is 662 g/mol. The fourth-order valence-electron chi connectivity index (χ4n) is 6.25. The van der Waals surface area contributed by atoms with Crippen LogP contribution >= 0.6 is 23.3 Å². The van der Waals surface area contributed by atoms with Gasteiger partial charge in [0, 0.05) is 22.3 Å². The molecule has 2 aromatic heterocycles. The van der Waals surface area contributed by atoms with Crippen molar-refractivity contribution in [3.05, 3.63) is 124 Å². The molecule has 0 unspecified atom stereocenters. The van der Waals surface area contributed by atoms with Gasteiger partial charge in [-0.25, -0.2) is 15.7 Å². The van der Waals surface area contributed by atoms with Gasteiger partial charge in [0.25, 0.3) is 0 Å². The lowest BCUT2D eigenvalue weighted by Crippen LogP contribution is -2.36. The van der Waals surface area contributed by atoms with Crippen LogP contribution in [0.15, 0.2) is 91.0 Å². The molecule has 0 N–H and O–H groups in total. The second-order valence-electron chi connectivity index (χ2n) is 13.6. The van der Waals surface area contributed by atoms with Crippen LogP contribution in [0.4, 0.5) is 0 Å². The first-order chi connectivity index (χ1) is 22.0. The van der Waals surface area contributed by atoms with Crippen LogP contribution in [0.5, 0.6) is 0 Å². The van der Waals surface area contributed by atoms with Gasteiger partial charge < -0.3 is 7.55 Å². The molecule has 0 aliphatic carbocycles. The molecule has 4 aromatic carbocycles. The lowest BCUT2D eigenvalue weighted by atomic mass is 9.92. The maximum Gasteiger partial charge on any atom is 0.300 e. The molecular formula is C41H49N2P3. The normalized spacial score (nSPS) is 12.1. The van der Waals surface area contributed by atoms with Gasteiger partial charge in [0.1, 0.15) is 11.4 Å². The van der Waals surface area contributed by atoms with E-state index in [1.807, 2.05) is 18.2 Å². The van der Waals surface area contributed by atoms with Crippen LogP contribution in [0.1, 0.15) is 112 Å². The zero-order chi connectivity index (χ0) is 33.1. The number of fused-ring (bicyclic) bond motifs is 1. The molecule has 0 amide bonds. The quantitative estimate of drug-likeness (QED) is 0.150. The molecular weight excluding hydrogens is 613 g/mol. The number of imidazole rings is 1. The first-order valence-corrected chi connectivity index (χ1v) is 20.8. The summed E-state index contributed by atoms with van der Waals surface area (Å²) in [5.41, 5.74) is 12.4. The third-order valence-corrected chi connectivity index (χ3v) is 13.5. The summed E-state index contributed by atoms with van der Waals surface area (Å²) in [6.45, 7) is 23.0. The molecule has 0 aliphatic rings. The van der Waals surface area contributed by atoms with Crippen LogP contribution in [-0.4, -0.2) is 4.57 Å². The molecule has 0 fully saturated rings. The van der Waals surface area contributed by atoms with Gasteiger partial charge in [0.15, 0.2) is 10.5 Å². The number of hydrogen-bond acceptors (Lipinski definition) is 0. The minimum absolute atomic E-state index is 0.429. The van der Waals surface area contributed by atoms with E-state index in [1.165, 1.54) is 89.9 Å². The maximum atomic E-state index is 2.67. The number of rotatable bonds is 7. The van der Waals surface area contributed by atoms with Crippen molar-refractivity contribution in [2.75, 3.05) is 0 Å². The summed E-state index contributed by atoms with van der Waals surface area (Å²) in [5, 5.41) is 2.88. The highest BCUT2D eigenvalue weighted by Gasteiger charge is 2.34. The van der Waals surface area contributed by atoms with E-state index in [-0.39, 0.29) is 0 Å². The average Bonchev–Trinajstić information content (AvgIpc) is 3.62. The molecule has 6 rings (SSSR count). The summed E-state index contributed by atoms with van der Waals surface area (Å²) in [5.74, 6) is 3.01. The fourth-order valence-corrected chi connectivity index (χ4v) is 11.9. The molecule has 5 heteroatoms. The first-order valence-electron chi connectivity index (χ1n) is 16.7. The standard InChI is InChI=1S/C34H41N2P3.C7H8/c1-20(2)26-12-10-13-27(21(3)4)30(26)35-32(25-18-16-24(9)17-19-25)36(34-33(35)37-39-38-34)31-28(22(5)6)14-11-15-29(31)23(7)8;1-7-5-3-2-4-6-7/h10-23H,1-9H3;2-6H,1H3. The molecule has 2 nitrogen and oxygen atoms in total. The van der Waals surface area contributed by atoms with E-state index in [9.17, 15) is 0 Å². The average molecular weight is 663 g/mol. The summed E-state index contributed by atoms with van der Waals surface area (Å²) < 4.78 is 5.33. The molecule has 0 saturated heterocycles. The van der Waals surface area contributed by atoms with Crippen LogP contribution < -0.4 is 4.57 Å². The Morgan fingerprint density at radius 3 is 1.48 bits per heavy atom. The highest BCUT2D eigenvalue weighted by atomic mass is 32.1. The van der Waals surface area contributed by atoms with E-state index < -0.39 is 0 Å². The Labute approximate surface area is 282 Å². The minimum Gasteiger partial charge on any atom is -0.454 e. The summed E-state index contributed by atoms with van der Waals surface area (Å²) in [6, 6.07) is 33.4. The zero-order valence-electron chi connectivity index (χ0n) is 29.2. The fraction of sp³-hybridized carbons (Fsp3) is 0.341. The van der Waals surface area contributed by atoms with E-state index in [0.717, 1.165) is 0 Å². The van der Waals surface area contributed by atoms with Gasteiger partial charge in [0.2, 0.25) is 0 Å². The number of aryl methyl sites for hydroxylation is 2. The van der Waals surface area contributed by atoms with Crippen LogP contribution in [0, 0.1) is 13.8 Å². The highest BCUT2D eigenvalue weighted by Crippen LogP contribution is 2.48. The Hall–Kier alpha value is -3.01. The molecule has 0 radical (unpaired) electrons. The first kappa shape index (κ1) is 34.3. The molecule has 0 bridgehead atoms. The van der Waals surface area contributed by atoms with Crippen molar-refractivity contribution in [2.24, 2.45) is 0 Å². The number of hydrogen-bond donors (Lipinski definition) is 0. The number of aromatic nitrogens is 2. The number of benzene rings is 4. The Bertz CT molecular complexity index is 1760. The highest BCUT2D eigenvalue weighted by molar-refractivity contribution is 8.20. The van der Waals surface area contributed by atoms with Crippen LogP contribution in [0.2, 0.25) is 0 Å². The molecule has 0 aliphatic heterocycles. The maximum absolute atomic E-state index is 2.67. The Kier molecular flexibility index (Phi) is 11.1. The van der Waals surface area contributed by atoms with Gasteiger partial charge in [-0.05, 0) is 49.7 Å². The van der Waals surface area contributed by atoms with Crippen molar-refractivity contribution in [2.45, 2.75) is 92.9 Å². The summed E-state index contributed by atoms with van der Waals surface area (Å²) in [6.07, 6.45) is 0. The molecule has 238 valence electrons. The topological polar surface area (TPSA) is 8.81 Å². The van der Waals surface area contributed by atoms with Crippen molar-refractivity contribution in [3.8, 4) is 22.8 Å². The van der Waals surface area contributed by atoms with Gasteiger partial charge in [-0.1, -0.05) is 145 Å². The van der Waals surface area contributed by atoms with Gasteiger partial charge in [-0.3, -0.25) is 0 Å². The number of para-hydroxylation sites is 2. The third kappa shape index (κ3) is 6.97. The largest absolute Gasteiger partial charge is 0.454 e. The lowest BCUT2D eigenvalue weighted by molar-refractivity contribution is -0.554. The summed E-state index contributed by atoms with van der Waals surface area (Å²) >= 11 is 0. The predicted octanol–water partition coefficient (Wildman–Crippen LogP) is 13.8. The van der Waals surface area contributed by atoms with Crippen molar-refractivity contribution >= 4 is 33.8 Å². The smallest absolute Gasteiger partial charge is 0.300 e. The van der Waals surface area contributed by atoms with Crippen molar-refractivity contribution < 1.29 is 4.57 Å². The molecule has 0 atom stereocenters. The SMILES string of the molecule is Cc1ccc(-c2n(-c3c(C(C)C)cccc3C(C)C)c3p[p-]pc3[n+]2-c2c(C(C)C)cccc2C(C)C)cc1.Cc1ccccc1. The van der Waals surface area contributed by atoms with Crippen molar-refractivity contribution in [3.63, 3.8) is 0 Å². The Morgan fingerprint density at radius 1 is 0.543 bits per heavy atom. The van der Waals surface area contributed by atoms with Crippen molar-refractivity contribution in [1.82, 2.24) is 4.57 Å². The Balaban J connectivity index is 0.000000527. The van der Waals surface area contributed by atoms with Crippen LogP contribution in [0.3, 0.4) is 0 Å². The van der Waals surface area contributed by atoms with Gasteiger partial charge in [-0.2, -0.15) is 9.13 Å². The number of nitrogens with zero attached hydrogens (tertiary/aromatic N) is 2. The van der Waals surface area contributed by atoms with Crippen LogP contribution in [-0.2, 0) is 0 Å². The van der Waals surface area contributed by atoms with Gasteiger partial charge >= 0.3 is 5.82 Å². The second kappa shape index (κ2) is 14.8. The zero-order valence-corrected chi connectivity index (χ0v) is 31.9. The minimum atomic E-state index is 0.429. The molecule has 46 heavy (non-hydrogen) atoms. The van der Waals surface area contributed by atoms with Gasteiger partial charge in [0.05, 0.1) is 5.56 Å². The Morgan fingerprint density at radius 2 is 1.02 bits per heavy atom. The molecule has 2 heterocycles. The van der Waals surface area contributed by atoms with Crippen molar-refractivity contribution in [1.29, 1.82) is 0 Å². The van der Waals surface area contributed by atoms with Gasteiger partial charge in [-0.15, -0.1) is 0 Å². The second-order valence-corrected chi connectivity index (χ2v) is 18.4. The van der Waals surface area contributed by atoms with E-state index in [0.29, 0.717) is 23.7 Å².